The van der Waals surface area contributed by atoms with E-state index in [1.165, 1.54) is 17.7 Å². The Hall–Kier alpha value is -1.40. The summed E-state index contributed by atoms with van der Waals surface area (Å²) in [5.74, 6) is -0.0209. The Labute approximate surface area is 142 Å². The number of amides is 1. The Kier molecular flexibility index (Phi) is 5.02. The minimum absolute atomic E-state index is 0.0209. The molecule has 0 saturated heterocycles. The molecule has 23 heavy (non-hydrogen) atoms. The zero-order chi connectivity index (χ0) is 16.4. The zero-order valence-corrected chi connectivity index (χ0v) is 14.8. The number of nitrogens with one attached hydrogen (secondary N) is 2. The van der Waals surface area contributed by atoms with Crippen molar-refractivity contribution >= 4 is 17.2 Å². The zero-order valence-electron chi connectivity index (χ0n) is 14.0. The largest absolute Gasteiger partial charge is 0.384 e. The van der Waals surface area contributed by atoms with Crippen molar-refractivity contribution in [3.8, 4) is 0 Å². The average Bonchev–Trinajstić information content (AvgIpc) is 2.92. The van der Waals surface area contributed by atoms with E-state index in [9.17, 15) is 4.79 Å². The lowest BCUT2D eigenvalue weighted by atomic mass is 9.90. The summed E-state index contributed by atoms with van der Waals surface area (Å²) >= 11 is 1.55. The van der Waals surface area contributed by atoms with Gasteiger partial charge in [0.15, 0.2) is 5.01 Å². The number of carbonyl (C=O) groups is 1. The Balaban J connectivity index is 1.67. The number of fused-ring (bicyclic) bond motifs is 1. The van der Waals surface area contributed by atoms with Gasteiger partial charge in [-0.1, -0.05) is 19.4 Å². The van der Waals surface area contributed by atoms with Gasteiger partial charge in [0.05, 0.1) is 5.69 Å². The summed E-state index contributed by atoms with van der Waals surface area (Å²) in [5.41, 5.74) is 2.07. The first-order valence-electron chi connectivity index (χ1n) is 8.43. The van der Waals surface area contributed by atoms with Crippen molar-refractivity contribution in [3.63, 3.8) is 0 Å². The van der Waals surface area contributed by atoms with Crippen molar-refractivity contribution in [1.82, 2.24) is 20.5 Å². The molecular weight excluding hydrogens is 308 g/mol. The lowest BCUT2D eigenvalue weighted by Crippen LogP contribution is -2.51. The van der Waals surface area contributed by atoms with E-state index < -0.39 is 0 Å². The van der Waals surface area contributed by atoms with Gasteiger partial charge in [-0.25, -0.2) is 4.98 Å². The first-order valence-corrected chi connectivity index (χ1v) is 9.24. The van der Waals surface area contributed by atoms with Crippen LogP contribution in [0.3, 0.4) is 0 Å². The van der Waals surface area contributed by atoms with Crippen LogP contribution in [0.5, 0.6) is 0 Å². The minimum atomic E-state index is -0.0209. The number of likely N-dealkylation sites (N-methyl/N-ethyl adjacent to an activating group) is 1. The van der Waals surface area contributed by atoms with Gasteiger partial charge in [-0.3, -0.25) is 4.79 Å². The molecule has 1 saturated carbocycles. The summed E-state index contributed by atoms with van der Waals surface area (Å²) in [4.78, 5) is 20.7. The standard InChI is InChI=1S/C17H26N4OS/c1-11(2)18-12-6-4-5-7-13(12)19-16(22)17-20-14-8-9-21(3)10-15(14)23-17/h12-13,18H,1,4-10H2,2-3H3,(H,19,22)/t12-,13+/m0/s1. The first-order chi connectivity index (χ1) is 11.0. The van der Waals surface area contributed by atoms with E-state index in [0.29, 0.717) is 5.01 Å². The normalized spacial score (nSPS) is 24.8. The molecule has 126 valence electrons. The number of allylic oxidation sites excluding steroid dienone is 1. The Morgan fingerprint density at radius 1 is 1.30 bits per heavy atom. The number of nitrogens with zero attached hydrogens (tertiary/aromatic N) is 2. The van der Waals surface area contributed by atoms with Crippen molar-refractivity contribution < 1.29 is 4.79 Å². The summed E-state index contributed by atoms with van der Waals surface area (Å²) in [5, 5.41) is 7.23. The van der Waals surface area contributed by atoms with E-state index in [0.717, 1.165) is 43.7 Å². The average molecular weight is 334 g/mol. The third kappa shape index (κ3) is 3.93. The van der Waals surface area contributed by atoms with Gasteiger partial charge < -0.3 is 15.5 Å². The van der Waals surface area contributed by atoms with Gasteiger partial charge >= 0.3 is 0 Å². The van der Waals surface area contributed by atoms with Crippen LogP contribution in [0.15, 0.2) is 12.3 Å². The molecule has 3 rings (SSSR count). The highest BCUT2D eigenvalue weighted by atomic mass is 32.1. The molecule has 1 fully saturated rings. The highest BCUT2D eigenvalue weighted by Crippen LogP contribution is 2.25. The Morgan fingerprint density at radius 3 is 2.70 bits per heavy atom. The van der Waals surface area contributed by atoms with Crippen LogP contribution in [0.2, 0.25) is 0 Å². The fraction of sp³-hybridized carbons (Fsp3) is 0.647. The van der Waals surface area contributed by atoms with Gasteiger partial charge in [0, 0.05) is 42.2 Å². The molecule has 2 heterocycles. The van der Waals surface area contributed by atoms with Crippen molar-refractivity contribution in [3.05, 3.63) is 27.9 Å². The maximum atomic E-state index is 12.6. The van der Waals surface area contributed by atoms with E-state index in [4.69, 9.17) is 0 Å². The molecule has 2 atom stereocenters. The third-order valence-corrected chi connectivity index (χ3v) is 5.71. The van der Waals surface area contributed by atoms with E-state index in [1.807, 2.05) is 6.92 Å². The molecule has 5 nitrogen and oxygen atoms in total. The van der Waals surface area contributed by atoms with Crippen molar-refractivity contribution in [2.75, 3.05) is 13.6 Å². The fourth-order valence-corrected chi connectivity index (χ4v) is 4.53. The summed E-state index contributed by atoms with van der Waals surface area (Å²) < 4.78 is 0. The van der Waals surface area contributed by atoms with Crippen molar-refractivity contribution in [2.24, 2.45) is 0 Å². The molecule has 1 aliphatic heterocycles. The predicted octanol–water partition coefficient (Wildman–Crippen LogP) is 2.30. The molecule has 6 heteroatoms. The molecule has 0 unspecified atom stereocenters. The summed E-state index contributed by atoms with van der Waals surface area (Å²) in [7, 11) is 2.11. The second kappa shape index (κ2) is 7.01. The van der Waals surface area contributed by atoms with Gasteiger partial charge in [0.2, 0.25) is 0 Å². The molecule has 1 aromatic heterocycles. The van der Waals surface area contributed by atoms with Crippen LogP contribution in [0.4, 0.5) is 0 Å². The van der Waals surface area contributed by atoms with E-state index in [-0.39, 0.29) is 18.0 Å². The fourth-order valence-electron chi connectivity index (χ4n) is 3.44. The van der Waals surface area contributed by atoms with Gasteiger partial charge in [-0.15, -0.1) is 11.3 Å². The summed E-state index contributed by atoms with van der Waals surface area (Å²) in [6.07, 6.45) is 5.41. The maximum absolute atomic E-state index is 12.6. The molecule has 0 radical (unpaired) electrons. The lowest BCUT2D eigenvalue weighted by molar-refractivity contribution is 0.0916. The number of aromatic nitrogens is 1. The number of thiazole rings is 1. The second-order valence-electron chi connectivity index (χ2n) is 6.77. The smallest absolute Gasteiger partial charge is 0.280 e. The Bertz CT molecular complexity index is 597. The van der Waals surface area contributed by atoms with Crippen molar-refractivity contribution in [2.45, 2.75) is 57.7 Å². The number of carbonyl (C=O) groups excluding carboxylic acids is 1. The van der Waals surface area contributed by atoms with Gasteiger partial charge in [-0.2, -0.15) is 0 Å². The number of hydrogen-bond acceptors (Lipinski definition) is 5. The molecule has 2 aliphatic rings. The molecule has 2 N–H and O–H groups in total. The molecule has 0 aromatic carbocycles. The van der Waals surface area contributed by atoms with E-state index in [1.54, 1.807) is 11.3 Å². The quantitative estimate of drug-likeness (QED) is 0.887. The minimum Gasteiger partial charge on any atom is -0.384 e. The SMILES string of the molecule is C=C(C)N[C@H]1CCCC[C@H]1NC(=O)c1nc2c(s1)CN(C)CC2. The highest BCUT2D eigenvalue weighted by molar-refractivity contribution is 7.13. The van der Waals surface area contributed by atoms with Crippen LogP contribution >= 0.6 is 11.3 Å². The first kappa shape index (κ1) is 16.5. The van der Waals surface area contributed by atoms with Crippen LogP contribution in [-0.2, 0) is 13.0 Å². The van der Waals surface area contributed by atoms with Gasteiger partial charge in [0.1, 0.15) is 0 Å². The monoisotopic (exact) mass is 334 g/mol. The van der Waals surface area contributed by atoms with Crippen LogP contribution in [0.1, 0.15) is 53.0 Å². The van der Waals surface area contributed by atoms with Gasteiger partial charge in [-0.05, 0) is 26.8 Å². The maximum Gasteiger partial charge on any atom is 0.280 e. The molecule has 0 spiro atoms. The van der Waals surface area contributed by atoms with Gasteiger partial charge in [0.25, 0.3) is 5.91 Å². The number of hydrogen-bond donors (Lipinski definition) is 2. The Morgan fingerprint density at radius 2 is 2.00 bits per heavy atom. The third-order valence-electron chi connectivity index (χ3n) is 4.63. The predicted molar refractivity (Wildman–Crippen MR) is 93.6 cm³/mol. The lowest BCUT2D eigenvalue weighted by Gasteiger charge is -2.33. The van der Waals surface area contributed by atoms with Crippen LogP contribution in [-0.4, -0.2) is 41.5 Å². The molecular formula is C17H26N4OS. The highest BCUT2D eigenvalue weighted by Gasteiger charge is 2.28. The molecule has 1 amide bonds. The molecule has 1 aromatic rings. The van der Waals surface area contributed by atoms with Crippen LogP contribution < -0.4 is 10.6 Å². The molecule has 0 bridgehead atoms. The van der Waals surface area contributed by atoms with Crippen LogP contribution in [0.25, 0.3) is 0 Å². The van der Waals surface area contributed by atoms with Crippen molar-refractivity contribution in [1.29, 1.82) is 0 Å². The summed E-state index contributed by atoms with van der Waals surface area (Å²) in [6.45, 7) is 7.83. The van der Waals surface area contributed by atoms with Crippen LogP contribution in [0, 0.1) is 0 Å². The number of rotatable bonds is 4. The molecule has 1 aliphatic carbocycles. The topological polar surface area (TPSA) is 57.3 Å². The van der Waals surface area contributed by atoms with E-state index >= 15 is 0 Å². The second-order valence-corrected chi connectivity index (χ2v) is 7.86. The van der Waals surface area contributed by atoms with E-state index in [2.05, 4.69) is 34.1 Å². The summed E-state index contributed by atoms with van der Waals surface area (Å²) in [6, 6.07) is 0.447.